The number of non-ortho nitro benzene ring substituents is 1. The number of benzene rings is 3. The molecule has 0 radical (unpaired) electrons. The van der Waals surface area contributed by atoms with Crippen molar-refractivity contribution in [1.82, 2.24) is 9.88 Å². The van der Waals surface area contributed by atoms with Gasteiger partial charge in [-0.25, -0.2) is 0 Å². The monoisotopic (exact) mass is 535 g/mol. The lowest BCUT2D eigenvalue weighted by Gasteiger charge is -2.25. The first-order chi connectivity index (χ1) is 19.3. The molecule has 9 nitrogen and oxygen atoms in total. The molecular formula is C31H25N3O6. The minimum atomic E-state index is -0.963. The van der Waals surface area contributed by atoms with Crippen molar-refractivity contribution < 1.29 is 24.4 Å². The first kappa shape index (κ1) is 26.3. The number of hydrogen-bond acceptors (Lipinski definition) is 7. The Labute approximate surface area is 230 Å². The highest BCUT2D eigenvalue weighted by Crippen LogP contribution is 2.41. The Morgan fingerprint density at radius 1 is 1.00 bits per heavy atom. The van der Waals surface area contributed by atoms with Crippen molar-refractivity contribution in [3.63, 3.8) is 0 Å². The quantitative estimate of drug-likeness (QED) is 0.104. The number of Topliss-reactive ketones (excluding diaryl/α,β-unsaturated/α-hetero) is 1. The summed E-state index contributed by atoms with van der Waals surface area (Å²) in [6.45, 7) is 2.25. The van der Waals surface area contributed by atoms with E-state index in [1.54, 1.807) is 42.7 Å². The van der Waals surface area contributed by atoms with Crippen molar-refractivity contribution in [2.24, 2.45) is 0 Å². The van der Waals surface area contributed by atoms with Crippen molar-refractivity contribution in [3.05, 3.63) is 141 Å². The maximum atomic E-state index is 13.3. The Morgan fingerprint density at radius 2 is 1.73 bits per heavy atom. The van der Waals surface area contributed by atoms with E-state index < -0.39 is 22.7 Å². The summed E-state index contributed by atoms with van der Waals surface area (Å²) in [6.07, 6.45) is 3.19. The Kier molecular flexibility index (Phi) is 7.37. The number of amides is 1. The number of aromatic nitrogens is 1. The van der Waals surface area contributed by atoms with Gasteiger partial charge in [-0.05, 0) is 65.6 Å². The molecule has 1 aliphatic heterocycles. The van der Waals surface area contributed by atoms with Crippen LogP contribution in [0.3, 0.4) is 0 Å². The number of nitrogens with zero attached hydrogens (tertiary/aromatic N) is 3. The van der Waals surface area contributed by atoms with Crippen LogP contribution in [0.25, 0.3) is 5.76 Å². The molecule has 200 valence electrons. The third kappa shape index (κ3) is 5.30. The van der Waals surface area contributed by atoms with Crippen LogP contribution < -0.4 is 4.74 Å². The second-order valence-electron chi connectivity index (χ2n) is 9.39. The summed E-state index contributed by atoms with van der Waals surface area (Å²) in [5.41, 5.74) is 2.99. The van der Waals surface area contributed by atoms with E-state index in [0.29, 0.717) is 29.0 Å². The molecule has 1 N–H and O–H groups in total. The molecule has 1 aliphatic rings. The highest BCUT2D eigenvalue weighted by Gasteiger charge is 2.46. The van der Waals surface area contributed by atoms with Crippen LogP contribution in [-0.4, -0.2) is 31.6 Å². The van der Waals surface area contributed by atoms with E-state index in [1.807, 2.05) is 37.3 Å². The molecule has 0 saturated carbocycles. The third-order valence-electron chi connectivity index (χ3n) is 6.72. The summed E-state index contributed by atoms with van der Waals surface area (Å²) in [7, 11) is 0. The summed E-state index contributed by atoms with van der Waals surface area (Å²) in [5.74, 6) is -1.35. The Morgan fingerprint density at radius 3 is 2.38 bits per heavy atom. The number of carbonyl (C=O) groups is 2. The summed E-state index contributed by atoms with van der Waals surface area (Å²) in [4.78, 5) is 42.7. The fourth-order valence-corrected chi connectivity index (χ4v) is 4.71. The second kappa shape index (κ2) is 11.2. The zero-order chi connectivity index (χ0) is 28.2. The molecule has 1 saturated heterocycles. The third-order valence-corrected chi connectivity index (χ3v) is 6.72. The normalized spacial score (nSPS) is 16.2. The lowest BCUT2D eigenvalue weighted by atomic mass is 9.94. The molecule has 1 fully saturated rings. The van der Waals surface area contributed by atoms with Gasteiger partial charge in [0.1, 0.15) is 18.1 Å². The number of aliphatic hydroxyl groups excluding tert-OH is 1. The van der Waals surface area contributed by atoms with Crippen LogP contribution in [0.4, 0.5) is 5.69 Å². The molecule has 40 heavy (non-hydrogen) atoms. The zero-order valence-electron chi connectivity index (χ0n) is 21.6. The lowest BCUT2D eigenvalue weighted by Crippen LogP contribution is -2.29. The molecule has 0 aliphatic carbocycles. The summed E-state index contributed by atoms with van der Waals surface area (Å²) >= 11 is 0. The molecular weight excluding hydrogens is 510 g/mol. The first-order valence-electron chi connectivity index (χ1n) is 12.5. The van der Waals surface area contributed by atoms with Gasteiger partial charge in [-0.15, -0.1) is 0 Å². The molecule has 1 unspecified atom stereocenters. The minimum absolute atomic E-state index is 0.0577. The molecule has 0 bridgehead atoms. The Hall–Kier alpha value is -5.31. The predicted molar refractivity (Wildman–Crippen MR) is 147 cm³/mol. The van der Waals surface area contributed by atoms with E-state index in [9.17, 15) is 24.8 Å². The van der Waals surface area contributed by atoms with Crippen LogP contribution in [0.1, 0.15) is 33.9 Å². The van der Waals surface area contributed by atoms with E-state index in [2.05, 4.69) is 4.98 Å². The van der Waals surface area contributed by atoms with Crippen molar-refractivity contribution in [2.75, 3.05) is 0 Å². The van der Waals surface area contributed by atoms with Crippen molar-refractivity contribution in [3.8, 4) is 5.75 Å². The van der Waals surface area contributed by atoms with Crippen LogP contribution in [0.15, 0.2) is 103 Å². The maximum absolute atomic E-state index is 13.3. The number of rotatable bonds is 8. The molecule has 1 amide bonds. The highest BCUT2D eigenvalue weighted by molar-refractivity contribution is 6.46. The van der Waals surface area contributed by atoms with Gasteiger partial charge in [-0.2, -0.15) is 0 Å². The number of aryl methyl sites for hydroxylation is 1. The molecule has 1 atom stereocenters. The number of hydrogen-bond donors (Lipinski definition) is 1. The van der Waals surface area contributed by atoms with Gasteiger partial charge in [-0.1, -0.05) is 36.4 Å². The highest BCUT2D eigenvalue weighted by atomic mass is 16.6. The lowest BCUT2D eigenvalue weighted by molar-refractivity contribution is -0.384. The van der Waals surface area contributed by atoms with Crippen molar-refractivity contribution in [2.45, 2.75) is 26.1 Å². The number of carbonyl (C=O) groups excluding carboxylic acids is 2. The van der Waals surface area contributed by atoms with Gasteiger partial charge in [0.15, 0.2) is 0 Å². The average molecular weight is 536 g/mol. The zero-order valence-corrected chi connectivity index (χ0v) is 21.6. The predicted octanol–water partition coefficient (Wildman–Crippen LogP) is 5.50. The number of nitro groups is 1. The Bertz CT molecular complexity index is 1600. The molecule has 5 rings (SSSR count). The largest absolute Gasteiger partial charge is 0.507 e. The fraction of sp³-hybridized carbons (Fsp3) is 0.129. The van der Waals surface area contributed by atoms with Gasteiger partial charge < -0.3 is 14.7 Å². The second-order valence-corrected chi connectivity index (χ2v) is 9.39. The SMILES string of the molecule is Cc1cc(C(O)=C2C(=O)C(=O)N(Cc3cccnc3)C2c2ccc([N+](=O)[O-])cc2)ccc1OCc1ccccc1. The number of aliphatic hydroxyl groups is 1. The van der Waals surface area contributed by atoms with E-state index in [1.165, 1.54) is 29.2 Å². The van der Waals surface area contributed by atoms with E-state index in [0.717, 1.165) is 11.1 Å². The molecule has 3 aromatic carbocycles. The van der Waals surface area contributed by atoms with Crippen LogP contribution >= 0.6 is 0 Å². The molecule has 4 aromatic rings. The molecule has 0 spiro atoms. The van der Waals surface area contributed by atoms with Gasteiger partial charge in [0.25, 0.3) is 17.4 Å². The van der Waals surface area contributed by atoms with Crippen LogP contribution in [0, 0.1) is 17.0 Å². The van der Waals surface area contributed by atoms with Gasteiger partial charge in [0, 0.05) is 36.6 Å². The first-order valence-corrected chi connectivity index (χ1v) is 12.5. The summed E-state index contributed by atoms with van der Waals surface area (Å²) in [5, 5.41) is 22.6. The minimum Gasteiger partial charge on any atom is -0.507 e. The van der Waals surface area contributed by atoms with Crippen LogP contribution in [0.5, 0.6) is 5.75 Å². The van der Waals surface area contributed by atoms with Gasteiger partial charge in [0.2, 0.25) is 0 Å². The van der Waals surface area contributed by atoms with E-state index >= 15 is 0 Å². The number of ketones is 1. The van der Waals surface area contributed by atoms with Crippen LogP contribution in [-0.2, 0) is 22.7 Å². The molecule has 1 aromatic heterocycles. The maximum Gasteiger partial charge on any atom is 0.295 e. The Balaban J connectivity index is 1.53. The molecule has 9 heteroatoms. The number of likely N-dealkylation sites (tertiary alicyclic amines) is 1. The van der Waals surface area contributed by atoms with Gasteiger partial charge >= 0.3 is 0 Å². The van der Waals surface area contributed by atoms with E-state index in [4.69, 9.17) is 4.74 Å². The smallest absolute Gasteiger partial charge is 0.295 e. The number of ether oxygens (including phenoxy) is 1. The summed E-state index contributed by atoms with van der Waals surface area (Å²) in [6, 6.07) is 22.9. The summed E-state index contributed by atoms with van der Waals surface area (Å²) < 4.78 is 5.94. The van der Waals surface area contributed by atoms with Crippen LogP contribution in [0.2, 0.25) is 0 Å². The van der Waals surface area contributed by atoms with Gasteiger partial charge in [-0.3, -0.25) is 24.7 Å². The fourth-order valence-electron chi connectivity index (χ4n) is 4.71. The van der Waals surface area contributed by atoms with Crippen molar-refractivity contribution >= 4 is 23.1 Å². The van der Waals surface area contributed by atoms with Crippen molar-refractivity contribution in [1.29, 1.82) is 0 Å². The number of nitro benzene ring substituents is 1. The molecule has 2 heterocycles. The standard InChI is InChI=1S/C31H25N3O6/c1-20-16-24(11-14-26(20)40-19-21-6-3-2-4-7-21)29(35)27-28(23-9-12-25(13-10-23)34(38)39)33(31(37)30(27)36)18-22-8-5-15-32-17-22/h2-17,28,35H,18-19H2,1H3. The van der Waals surface area contributed by atoms with Gasteiger partial charge in [0.05, 0.1) is 16.5 Å². The average Bonchev–Trinajstić information content (AvgIpc) is 3.22. The number of pyridine rings is 1. The van der Waals surface area contributed by atoms with E-state index in [-0.39, 0.29) is 23.6 Å². The topological polar surface area (TPSA) is 123 Å².